The molecule has 0 aliphatic carbocycles. The van der Waals surface area contributed by atoms with Crippen molar-refractivity contribution in [2.24, 2.45) is 0 Å². The van der Waals surface area contributed by atoms with Crippen molar-refractivity contribution < 1.29 is 19.1 Å². The van der Waals surface area contributed by atoms with E-state index in [4.69, 9.17) is 10.00 Å². The van der Waals surface area contributed by atoms with Gasteiger partial charge in [0.15, 0.2) is 12.4 Å². The molecule has 6 heteroatoms. The van der Waals surface area contributed by atoms with Crippen LogP contribution in [0, 0.1) is 11.3 Å². The maximum atomic E-state index is 11.7. The van der Waals surface area contributed by atoms with Crippen LogP contribution in [0.5, 0.6) is 0 Å². The number of benzene rings is 1. The van der Waals surface area contributed by atoms with Crippen LogP contribution in [0.2, 0.25) is 0 Å². The van der Waals surface area contributed by atoms with Crippen LogP contribution < -0.4 is 5.32 Å². The van der Waals surface area contributed by atoms with Gasteiger partial charge in [0.1, 0.15) is 0 Å². The van der Waals surface area contributed by atoms with Gasteiger partial charge in [-0.1, -0.05) is 30.3 Å². The molecule has 1 rings (SSSR count). The lowest BCUT2D eigenvalue weighted by Crippen LogP contribution is -2.29. The molecular weight excluding hydrogens is 272 g/mol. The minimum Gasteiger partial charge on any atom is -0.456 e. The Balaban J connectivity index is 2.21. The molecule has 0 bridgehead atoms. The van der Waals surface area contributed by atoms with Gasteiger partial charge >= 0.3 is 5.97 Å². The normalized spacial score (nSPS) is 9.48. The number of ether oxygens (including phenoxy) is 1. The Labute approximate surface area is 122 Å². The van der Waals surface area contributed by atoms with Crippen LogP contribution in [0.4, 0.5) is 0 Å². The molecule has 0 aromatic heterocycles. The summed E-state index contributed by atoms with van der Waals surface area (Å²) in [4.78, 5) is 34.4. The summed E-state index contributed by atoms with van der Waals surface area (Å²) in [6.45, 7) is -0.177. The fourth-order valence-electron chi connectivity index (χ4n) is 1.51. The van der Waals surface area contributed by atoms with E-state index >= 15 is 0 Å². The van der Waals surface area contributed by atoms with Crippen molar-refractivity contribution in [1.82, 2.24) is 5.32 Å². The predicted molar refractivity (Wildman–Crippen MR) is 74.2 cm³/mol. The molecule has 0 aliphatic heterocycles. The molecule has 110 valence electrons. The predicted octanol–water partition coefficient (Wildman–Crippen LogP) is 1.22. The number of amides is 1. The van der Waals surface area contributed by atoms with Crippen LogP contribution in [-0.2, 0) is 14.3 Å². The van der Waals surface area contributed by atoms with Crippen molar-refractivity contribution >= 4 is 17.7 Å². The number of nitriles is 1. The standard InChI is InChI=1S/C15H16N2O4/c16-9-4-10-17-14(19)11-21-15(20)8-7-13(18)12-5-2-1-3-6-12/h1-3,5-6H,4,7-8,10-11H2,(H,17,19). The largest absolute Gasteiger partial charge is 0.456 e. The molecule has 0 unspecified atom stereocenters. The lowest BCUT2D eigenvalue weighted by Gasteiger charge is -2.05. The molecule has 0 aliphatic rings. The second-order valence-corrected chi connectivity index (χ2v) is 4.21. The number of carbonyl (C=O) groups is 3. The van der Waals surface area contributed by atoms with Crippen molar-refractivity contribution in [2.75, 3.05) is 13.2 Å². The molecule has 0 saturated heterocycles. The lowest BCUT2D eigenvalue weighted by molar-refractivity contribution is -0.148. The van der Waals surface area contributed by atoms with E-state index in [2.05, 4.69) is 5.32 Å². The van der Waals surface area contributed by atoms with Gasteiger partial charge in [0, 0.05) is 18.5 Å². The van der Waals surface area contributed by atoms with Gasteiger partial charge in [0.05, 0.1) is 18.9 Å². The van der Waals surface area contributed by atoms with Gasteiger partial charge in [-0.25, -0.2) is 0 Å². The average Bonchev–Trinajstić information content (AvgIpc) is 2.51. The maximum absolute atomic E-state index is 11.7. The first-order valence-electron chi connectivity index (χ1n) is 6.51. The number of carbonyl (C=O) groups excluding carboxylic acids is 3. The van der Waals surface area contributed by atoms with Crippen LogP contribution in [0.25, 0.3) is 0 Å². The number of nitrogens with zero attached hydrogens (tertiary/aromatic N) is 1. The van der Waals surface area contributed by atoms with E-state index in [-0.39, 0.29) is 31.6 Å². The molecule has 0 radical (unpaired) electrons. The third kappa shape index (κ3) is 6.87. The SMILES string of the molecule is N#CCCNC(=O)COC(=O)CCC(=O)c1ccccc1. The van der Waals surface area contributed by atoms with Crippen molar-refractivity contribution in [1.29, 1.82) is 5.26 Å². The second-order valence-electron chi connectivity index (χ2n) is 4.21. The summed E-state index contributed by atoms with van der Waals surface area (Å²) in [5.74, 6) is -1.21. The fourth-order valence-corrected chi connectivity index (χ4v) is 1.51. The summed E-state index contributed by atoms with van der Waals surface area (Å²) >= 11 is 0. The molecular formula is C15H16N2O4. The smallest absolute Gasteiger partial charge is 0.306 e. The highest BCUT2D eigenvalue weighted by Gasteiger charge is 2.11. The number of rotatable bonds is 8. The van der Waals surface area contributed by atoms with Gasteiger partial charge in [-0.05, 0) is 0 Å². The van der Waals surface area contributed by atoms with Gasteiger partial charge in [0.25, 0.3) is 5.91 Å². The zero-order valence-corrected chi connectivity index (χ0v) is 11.5. The van der Waals surface area contributed by atoms with Gasteiger partial charge in [-0.15, -0.1) is 0 Å². The van der Waals surface area contributed by atoms with E-state index in [1.807, 2.05) is 6.07 Å². The monoisotopic (exact) mass is 288 g/mol. The number of esters is 1. The Morgan fingerprint density at radius 2 is 1.86 bits per heavy atom. The summed E-state index contributed by atoms with van der Waals surface area (Å²) in [6, 6.07) is 10.5. The van der Waals surface area contributed by atoms with Crippen molar-refractivity contribution in [3.8, 4) is 6.07 Å². The third-order valence-electron chi connectivity index (χ3n) is 2.58. The number of hydrogen-bond acceptors (Lipinski definition) is 5. The zero-order chi connectivity index (χ0) is 15.5. The van der Waals surface area contributed by atoms with Crippen molar-refractivity contribution in [3.63, 3.8) is 0 Å². The molecule has 0 spiro atoms. The van der Waals surface area contributed by atoms with Crippen LogP contribution in [0.3, 0.4) is 0 Å². The van der Waals surface area contributed by atoms with Crippen LogP contribution in [0.15, 0.2) is 30.3 Å². The topological polar surface area (TPSA) is 96.3 Å². The Bertz CT molecular complexity index is 534. The Kier molecular flexibility index (Phi) is 7.22. The molecule has 1 N–H and O–H groups in total. The van der Waals surface area contributed by atoms with E-state index in [1.54, 1.807) is 30.3 Å². The average molecular weight is 288 g/mol. The molecule has 0 fully saturated rings. The Morgan fingerprint density at radius 1 is 1.14 bits per heavy atom. The first-order chi connectivity index (χ1) is 10.1. The fraction of sp³-hybridized carbons (Fsp3) is 0.333. The number of Topliss-reactive ketones (excluding diaryl/α,β-unsaturated/α-hetero) is 1. The number of nitrogens with one attached hydrogen (secondary N) is 1. The summed E-state index contributed by atoms with van der Waals surface area (Å²) in [5, 5.41) is 10.7. The number of hydrogen-bond donors (Lipinski definition) is 1. The minimum absolute atomic E-state index is 0.0406. The highest BCUT2D eigenvalue weighted by Crippen LogP contribution is 2.05. The van der Waals surface area contributed by atoms with E-state index in [9.17, 15) is 14.4 Å². The molecule has 21 heavy (non-hydrogen) atoms. The van der Waals surface area contributed by atoms with E-state index in [0.29, 0.717) is 5.56 Å². The van der Waals surface area contributed by atoms with E-state index in [0.717, 1.165) is 0 Å². The Morgan fingerprint density at radius 3 is 2.52 bits per heavy atom. The summed E-state index contributed by atoms with van der Waals surface area (Å²) in [6.07, 6.45) is 0.170. The maximum Gasteiger partial charge on any atom is 0.306 e. The number of ketones is 1. The first kappa shape index (κ1) is 16.4. The molecule has 1 aromatic rings. The van der Waals surface area contributed by atoms with Crippen molar-refractivity contribution in [3.05, 3.63) is 35.9 Å². The lowest BCUT2D eigenvalue weighted by atomic mass is 10.1. The van der Waals surface area contributed by atoms with E-state index in [1.165, 1.54) is 0 Å². The Hall–Kier alpha value is -2.68. The zero-order valence-electron chi connectivity index (χ0n) is 11.5. The van der Waals surface area contributed by atoms with Crippen LogP contribution in [0.1, 0.15) is 29.6 Å². The van der Waals surface area contributed by atoms with Crippen molar-refractivity contribution in [2.45, 2.75) is 19.3 Å². The molecule has 0 atom stereocenters. The molecule has 0 heterocycles. The van der Waals surface area contributed by atoms with Crippen LogP contribution >= 0.6 is 0 Å². The molecule has 0 saturated carbocycles. The summed E-state index contributed by atoms with van der Waals surface area (Å²) < 4.78 is 4.73. The first-order valence-corrected chi connectivity index (χ1v) is 6.51. The van der Waals surface area contributed by atoms with Gasteiger partial charge < -0.3 is 10.1 Å². The second kappa shape index (κ2) is 9.26. The molecule has 6 nitrogen and oxygen atoms in total. The highest BCUT2D eigenvalue weighted by atomic mass is 16.5. The minimum atomic E-state index is -0.602. The van der Waals surface area contributed by atoms with Gasteiger partial charge in [-0.3, -0.25) is 14.4 Å². The highest BCUT2D eigenvalue weighted by molar-refractivity contribution is 5.97. The third-order valence-corrected chi connectivity index (χ3v) is 2.58. The molecule has 1 aromatic carbocycles. The van der Waals surface area contributed by atoms with Gasteiger partial charge in [0.2, 0.25) is 0 Å². The summed E-state index contributed by atoms with van der Waals surface area (Å²) in [5.41, 5.74) is 0.541. The van der Waals surface area contributed by atoms with Crippen LogP contribution in [-0.4, -0.2) is 30.8 Å². The quantitative estimate of drug-likeness (QED) is 0.441. The van der Waals surface area contributed by atoms with Gasteiger partial charge in [-0.2, -0.15) is 5.26 Å². The van der Waals surface area contributed by atoms with E-state index < -0.39 is 18.5 Å². The molecule has 1 amide bonds. The summed E-state index contributed by atoms with van der Waals surface area (Å²) in [7, 11) is 0.